The number of rotatable bonds is 8. The Morgan fingerprint density at radius 3 is 2.81 bits per heavy atom. The molecule has 190 valence electrons. The van der Waals surface area contributed by atoms with Crippen LogP contribution < -0.4 is 26.1 Å². The van der Waals surface area contributed by atoms with E-state index in [1.807, 2.05) is 30.3 Å². The van der Waals surface area contributed by atoms with E-state index in [1.54, 1.807) is 34.5 Å². The lowest BCUT2D eigenvalue weighted by atomic mass is 9.88. The number of nitrogens with zero attached hydrogens (tertiary/aromatic N) is 6. The third-order valence-corrected chi connectivity index (χ3v) is 6.38. The minimum atomic E-state index is -0.330. The van der Waals surface area contributed by atoms with Gasteiger partial charge in [0.15, 0.2) is 5.75 Å². The van der Waals surface area contributed by atoms with Gasteiger partial charge in [-0.25, -0.2) is 10.4 Å². The fourth-order valence-electron chi connectivity index (χ4n) is 4.83. The maximum atomic E-state index is 13.0. The Bertz CT molecular complexity index is 1230. The van der Waals surface area contributed by atoms with Crippen molar-refractivity contribution in [1.29, 1.82) is 0 Å². The molecule has 2 aliphatic rings. The molecule has 13 heteroatoms. The zero-order chi connectivity index (χ0) is 25.2. The molecule has 2 aliphatic heterocycles. The normalized spacial score (nSPS) is 23.4. The van der Waals surface area contributed by atoms with Gasteiger partial charge in [0, 0.05) is 32.8 Å². The van der Waals surface area contributed by atoms with E-state index in [9.17, 15) is 4.79 Å². The molecule has 4 atom stereocenters. The van der Waals surface area contributed by atoms with Crippen LogP contribution in [0.5, 0.6) is 5.75 Å². The number of aryl methyl sites for hydroxylation is 1. The van der Waals surface area contributed by atoms with Crippen molar-refractivity contribution >= 4 is 17.4 Å². The maximum Gasteiger partial charge on any atom is 0.244 e. The molecule has 2 aromatic heterocycles. The standard InChI is InChI=1S/C23H30N10O3/c1-32-23(34)19-16(25-15-7-5-6-14(20(15)36-4)21-28-31-33(2)30-21)11-18(27-22(19)29-32)26-17-10-13(12-35-3)8-9-24-17/h5-10,16,18-19,22,25,27,29H,11-12H2,1-4H3,(H,24,26). The number of fused-ring (bicyclic) bond motifs is 1. The van der Waals surface area contributed by atoms with Crippen LogP contribution >= 0.6 is 0 Å². The Morgan fingerprint density at radius 1 is 1.19 bits per heavy atom. The minimum Gasteiger partial charge on any atom is -0.494 e. The van der Waals surface area contributed by atoms with Crippen LogP contribution in [0.2, 0.25) is 0 Å². The molecule has 0 saturated carbocycles. The molecular weight excluding hydrogens is 464 g/mol. The Labute approximate surface area is 208 Å². The van der Waals surface area contributed by atoms with Crippen LogP contribution in [0, 0.1) is 5.92 Å². The highest BCUT2D eigenvalue weighted by molar-refractivity contribution is 5.83. The first-order chi connectivity index (χ1) is 17.5. The molecule has 1 aromatic carbocycles. The van der Waals surface area contributed by atoms with Crippen LogP contribution in [-0.2, 0) is 23.2 Å². The zero-order valence-electron chi connectivity index (χ0n) is 20.6. The molecule has 36 heavy (non-hydrogen) atoms. The fourth-order valence-corrected chi connectivity index (χ4v) is 4.83. The lowest BCUT2D eigenvalue weighted by Gasteiger charge is -2.39. The highest BCUT2D eigenvalue weighted by Crippen LogP contribution is 2.37. The number of aromatic nitrogens is 5. The van der Waals surface area contributed by atoms with E-state index in [1.165, 1.54) is 9.81 Å². The van der Waals surface area contributed by atoms with Crippen molar-refractivity contribution in [1.82, 2.24) is 40.9 Å². The summed E-state index contributed by atoms with van der Waals surface area (Å²) in [5.74, 6) is 1.45. The van der Waals surface area contributed by atoms with Crippen molar-refractivity contribution in [2.45, 2.75) is 31.4 Å². The first-order valence-electron chi connectivity index (χ1n) is 11.6. The molecule has 0 radical (unpaired) electrons. The maximum absolute atomic E-state index is 13.0. The van der Waals surface area contributed by atoms with Crippen LogP contribution in [-0.4, -0.2) is 75.7 Å². The van der Waals surface area contributed by atoms with E-state index in [0.29, 0.717) is 30.2 Å². The summed E-state index contributed by atoms with van der Waals surface area (Å²) in [6, 6.07) is 9.37. The van der Waals surface area contributed by atoms with E-state index < -0.39 is 0 Å². The van der Waals surface area contributed by atoms with Gasteiger partial charge in [-0.3, -0.25) is 15.1 Å². The third kappa shape index (κ3) is 4.67. The van der Waals surface area contributed by atoms with Gasteiger partial charge in [-0.2, -0.15) is 4.80 Å². The lowest BCUT2D eigenvalue weighted by molar-refractivity contribution is -0.131. The van der Waals surface area contributed by atoms with Crippen LogP contribution in [0.15, 0.2) is 36.5 Å². The van der Waals surface area contributed by atoms with Gasteiger partial charge >= 0.3 is 0 Å². The van der Waals surface area contributed by atoms with Crippen molar-refractivity contribution in [2.24, 2.45) is 13.0 Å². The van der Waals surface area contributed by atoms with Gasteiger partial charge in [0.1, 0.15) is 5.82 Å². The van der Waals surface area contributed by atoms with Crippen LogP contribution in [0.1, 0.15) is 12.0 Å². The van der Waals surface area contributed by atoms with Crippen molar-refractivity contribution < 1.29 is 14.3 Å². The smallest absolute Gasteiger partial charge is 0.244 e. The van der Waals surface area contributed by atoms with Crippen molar-refractivity contribution in [3.63, 3.8) is 0 Å². The average molecular weight is 495 g/mol. The van der Waals surface area contributed by atoms with Gasteiger partial charge in [-0.15, -0.1) is 10.2 Å². The number of tetrazole rings is 1. The first-order valence-corrected chi connectivity index (χ1v) is 11.6. The highest BCUT2D eigenvalue weighted by atomic mass is 16.5. The number of piperidine rings is 1. The Hall–Kier alpha value is -3.81. The SMILES string of the molecule is COCc1ccnc(NC2CC(Nc3cccc(-c4nnn(C)n4)c3OC)C3C(=O)N(C)NC3N2)c1. The predicted molar refractivity (Wildman–Crippen MR) is 131 cm³/mol. The quantitative estimate of drug-likeness (QED) is 0.349. The number of hydrogen-bond acceptors (Lipinski definition) is 11. The summed E-state index contributed by atoms with van der Waals surface area (Å²) in [5, 5.41) is 24.4. The third-order valence-electron chi connectivity index (χ3n) is 6.38. The molecule has 1 amide bonds. The van der Waals surface area contributed by atoms with Gasteiger partial charge in [0.05, 0.1) is 50.3 Å². The molecule has 2 fully saturated rings. The number of hydrazine groups is 1. The monoisotopic (exact) mass is 494 g/mol. The molecule has 4 unspecified atom stereocenters. The number of para-hydroxylation sites is 1. The number of amides is 1. The molecule has 0 bridgehead atoms. The predicted octanol–water partition coefficient (Wildman–Crippen LogP) is 0.558. The number of carbonyl (C=O) groups excluding carboxylic acids is 1. The second-order valence-corrected chi connectivity index (χ2v) is 8.85. The Kier molecular flexibility index (Phi) is 6.67. The van der Waals surface area contributed by atoms with Gasteiger partial charge in [0.2, 0.25) is 11.7 Å². The van der Waals surface area contributed by atoms with E-state index in [-0.39, 0.29) is 30.2 Å². The van der Waals surface area contributed by atoms with E-state index in [2.05, 4.69) is 41.8 Å². The van der Waals surface area contributed by atoms with Crippen molar-refractivity contribution in [2.75, 3.05) is 31.9 Å². The molecule has 0 spiro atoms. The molecule has 13 nitrogen and oxygen atoms in total. The zero-order valence-corrected chi connectivity index (χ0v) is 20.6. The van der Waals surface area contributed by atoms with Gasteiger partial charge in [-0.1, -0.05) is 6.07 Å². The molecule has 2 saturated heterocycles. The number of nitrogens with one attached hydrogen (secondary N) is 4. The Balaban J connectivity index is 1.42. The summed E-state index contributed by atoms with van der Waals surface area (Å²) < 4.78 is 11.0. The van der Waals surface area contributed by atoms with E-state index in [0.717, 1.165) is 17.1 Å². The number of ether oxygens (including phenoxy) is 2. The molecular formula is C23H30N10O3. The fraction of sp³-hybridized carbons (Fsp3) is 0.435. The Morgan fingerprint density at radius 2 is 2.06 bits per heavy atom. The lowest BCUT2D eigenvalue weighted by Crippen LogP contribution is -2.60. The molecule has 4 N–H and O–H groups in total. The first kappa shape index (κ1) is 23.9. The summed E-state index contributed by atoms with van der Waals surface area (Å²) in [6.45, 7) is 0.502. The van der Waals surface area contributed by atoms with Gasteiger partial charge < -0.3 is 20.1 Å². The summed E-state index contributed by atoms with van der Waals surface area (Å²) >= 11 is 0. The van der Waals surface area contributed by atoms with Gasteiger partial charge in [0.25, 0.3) is 0 Å². The van der Waals surface area contributed by atoms with E-state index in [4.69, 9.17) is 9.47 Å². The average Bonchev–Trinajstić information content (AvgIpc) is 3.42. The van der Waals surface area contributed by atoms with Crippen molar-refractivity contribution in [3.8, 4) is 17.1 Å². The number of carbonyl (C=O) groups is 1. The molecule has 5 rings (SSSR count). The summed E-state index contributed by atoms with van der Waals surface area (Å²) in [6.07, 6.45) is 1.94. The number of benzene rings is 1. The highest BCUT2D eigenvalue weighted by Gasteiger charge is 2.48. The van der Waals surface area contributed by atoms with Crippen molar-refractivity contribution in [3.05, 3.63) is 42.1 Å². The van der Waals surface area contributed by atoms with E-state index >= 15 is 0 Å². The molecule has 4 heterocycles. The number of anilines is 2. The molecule has 3 aromatic rings. The molecule has 0 aliphatic carbocycles. The summed E-state index contributed by atoms with van der Waals surface area (Å²) in [4.78, 5) is 18.9. The second-order valence-electron chi connectivity index (χ2n) is 8.85. The summed E-state index contributed by atoms with van der Waals surface area (Å²) in [7, 11) is 6.71. The topological polar surface area (TPSA) is 143 Å². The van der Waals surface area contributed by atoms with Crippen LogP contribution in [0.3, 0.4) is 0 Å². The number of pyridine rings is 1. The second kappa shape index (κ2) is 10.0. The number of methoxy groups -OCH3 is 2. The largest absolute Gasteiger partial charge is 0.494 e. The minimum absolute atomic E-state index is 0.00869. The summed E-state index contributed by atoms with van der Waals surface area (Å²) in [5.41, 5.74) is 5.70. The van der Waals surface area contributed by atoms with Crippen LogP contribution in [0.4, 0.5) is 11.5 Å². The van der Waals surface area contributed by atoms with Gasteiger partial charge in [-0.05, 0) is 35.0 Å². The van der Waals surface area contributed by atoms with Crippen LogP contribution in [0.25, 0.3) is 11.4 Å². The number of hydrogen-bond donors (Lipinski definition) is 4.